The first-order valence-corrected chi connectivity index (χ1v) is 5.90. The smallest absolute Gasteiger partial charge is 0.251 e. The standard InChI is InChI=1S/C11H14INO3/c1-7(6-16-2)13-11(15)8-3-4-9(12)10(14)5-8/h3-5,7,14H,6H2,1-2H3,(H,13,15). The van der Waals surface area contributed by atoms with Crippen molar-refractivity contribution in [3.63, 3.8) is 0 Å². The molecule has 88 valence electrons. The Balaban J connectivity index is 2.69. The lowest BCUT2D eigenvalue weighted by molar-refractivity contribution is 0.0905. The average Bonchev–Trinajstić information content (AvgIpc) is 2.22. The number of aromatic hydroxyl groups is 1. The fourth-order valence-electron chi connectivity index (χ4n) is 1.25. The van der Waals surface area contributed by atoms with E-state index in [1.165, 1.54) is 6.07 Å². The van der Waals surface area contributed by atoms with Crippen molar-refractivity contribution in [3.05, 3.63) is 27.3 Å². The molecule has 1 atom stereocenters. The molecule has 0 spiro atoms. The van der Waals surface area contributed by atoms with Crippen LogP contribution in [-0.2, 0) is 4.74 Å². The lowest BCUT2D eigenvalue weighted by Gasteiger charge is -2.12. The van der Waals surface area contributed by atoms with Gasteiger partial charge in [0.25, 0.3) is 5.91 Å². The maximum absolute atomic E-state index is 11.7. The zero-order valence-electron chi connectivity index (χ0n) is 9.16. The van der Waals surface area contributed by atoms with Crippen molar-refractivity contribution < 1.29 is 14.6 Å². The van der Waals surface area contributed by atoms with Crippen LogP contribution < -0.4 is 5.32 Å². The molecule has 5 heteroatoms. The fraction of sp³-hybridized carbons (Fsp3) is 0.364. The number of halogens is 1. The van der Waals surface area contributed by atoms with Crippen molar-refractivity contribution >= 4 is 28.5 Å². The Morgan fingerprint density at radius 2 is 2.31 bits per heavy atom. The minimum atomic E-state index is -0.212. The van der Waals surface area contributed by atoms with Crippen LogP contribution in [0.25, 0.3) is 0 Å². The molecule has 0 heterocycles. The minimum Gasteiger partial charge on any atom is -0.507 e. The summed E-state index contributed by atoms with van der Waals surface area (Å²) in [6, 6.07) is 4.78. The van der Waals surface area contributed by atoms with E-state index in [1.54, 1.807) is 19.2 Å². The largest absolute Gasteiger partial charge is 0.507 e. The van der Waals surface area contributed by atoms with Crippen LogP contribution >= 0.6 is 22.6 Å². The molecule has 0 fully saturated rings. The summed E-state index contributed by atoms with van der Waals surface area (Å²) in [6.07, 6.45) is 0. The van der Waals surface area contributed by atoms with Crippen molar-refractivity contribution in [2.24, 2.45) is 0 Å². The molecule has 16 heavy (non-hydrogen) atoms. The zero-order chi connectivity index (χ0) is 12.1. The number of phenolic OH excluding ortho intramolecular Hbond substituents is 1. The molecule has 0 aliphatic carbocycles. The van der Waals surface area contributed by atoms with Crippen molar-refractivity contribution in [3.8, 4) is 5.75 Å². The van der Waals surface area contributed by atoms with Gasteiger partial charge in [0, 0.05) is 18.7 Å². The minimum absolute atomic E-state index is 0.0566. The summed E-state index contributed by atoms with van der Waals surface area (Å²) in [6.45, 7) is 2.32. The molecule has 0 aliphatic rings. The number of phenols is 1. The van der Waals surface area contributed by atoms with E-state index in [1.807, 2.05) is 29.5 Å². The fourth-order valence-corrected chi connectivity index (χ4v) is 1.59. The van der Waals surface area contributed by atoms with Crippen molar-refractivity contribution in [2.45, 2.75) is 13.0 Å². The molecule has 1 aromatic rings. The third kappa shape index (κ3) is 3.64. The lowest BCUT2D eigenvalue weighted by Crippen LogP contribution is -2.35. The topological polar surface area (TPSA) is 58.6 Å². The van der Waals surface area contributed by atoms with E-state index >= 15 is 0 Å². The Bertz CT molecular complexity index is 381. The second-order valence-corrected chi connectivity index (χ2v) is 4.66. The number of hydrogen-bond acceptors (Lipinski definition) is 3. The predicted octanol–water partition coefficient (Wildman–Crippen LogP) is 1.76. The Kier molecular flexibility index (Phi) is 5.01. The first kappa shape index (κ1) is 13.2. The van der Waals surface area contributed by atoms with E-state index < -0.39 is 0 Å². The Morgan fingerprint density at radius 3 is 2.88 bits per heavy atom. The number of rotatable bonds is 4. The molecule has 0 saturated heterocycles. The summed E-state index contributed by atoms with van der Waals surface area (Å²) in [7, 11) is 1.58. The van der Waals surface area contributed by atoms with Gasteiger partial charge in [-0.15, -0.1) is 0 Å². The van der Waals surface area contributed by atoms with Crippen LogP contribution in [0.1, 0.15) is 17.3 Å². The summed E-state index contributed by atoms with van der Waals surface area (Å²) < 4.78 is 5.64. The molecule has 4 nitrogen and oxygen atoms in total. The molecule has 0 bridgehead atoms. The average molecular weight is 335 g/mol. The summed E-state index contributed by atoms with van der Waals surface area (Å²) in [5, 5.41) is 12.2. The van der Waals surface area contributed by atoms with Crippen LogP contribution in [0.3, 0.4) is 0 Å². The number of methoxy groups -OCH3 is 1. The molecule has 1 unspecified atom stereocenters. The van der Waals surface area contributed by atoms with Crippen molar-refractivity contribution in [1.29, 1.82) is 0 Å². The van der Waals surface area contributed by atoms with Gasteiger partial charge in [0.15, 0.2) is 0 Å². The van der Waals surface area contributed by atoms with E-state index in [4.69, 9.17) is 4.74 Å². The highest BCUT2D eigenvalue weighted by molar-refractivity contribution is 14.1. The molecule has 1 amide bonds. The Labute approximate surface area is 108 Å². The van der Waals surface area contributed by atoms with E-state index in [0.29, 0.717) is 12.2 Å². The highest BCUT2D eigenvalue weighted by Gasteiger charge is 2.10. The third-order valence-corrected chi connectivity index (χ3v) is 2.91. The molecular weight excluding hydrogens is 321 g/mol. The molecule has 0 aliphatic heterocycles. The molecule has 0 saturated carbocycles. The summed E-state index contributed by atoms with van der Waals surface area (Å²) in [5.74, 6) is -0.0936. The maximum Gasteiger partial charge on any atom is 0.251 e. The van der Waals surface area contributed by atoms with Crippen molar-refractivity contribution in [1.82, 2.24) is 5.32 Å². The summed E-state index contributed by atoms with van der Waals surface area (Å²) in [5.41, 5.74) is 0.445. The molecule has 0 radical (unpaired) electrons. The third-order valence-electron chi connectivity index (χ3n) is 2.00. The van der Waals surface area contributed by atoms with E-state index in [2.05, 4.69) is 5.32 Å². The van der Waals surface area contributed by atoms with Crippen molar-refractivity contribution in [2.75, 3.05) is 13.7 Å². The van der Waals surface area contributed by atoms with Crippen LogP contribution in [0.5, 0.6) is 5.75 Å². The second-order valence-electron chi connectivity index (χ2n) is 3.50. The lowest BCUT2D eigenvalue weighted by atomic mass is 10.2. The normalized spacial score (nSPS) is 12.2. The number of carbonyl (C=O) groups excluding carboxylic acids is 1. The molecule has 2 N–H and O–H groups in total. The van der Waals surface area contributed by atoms with Gasteiger partial charge >= 0.3 is 0 Å². The van der Waals surface area contributed by atoms with Gasteiger partial charge in [-0.2, -0.15) is 0 Å². The van der Waals surface area contributed by atoms with Gasteiger partial charge in [-0.25, -0.2) is 0 Å². The summed E-state index contributed by atoms with van der Waals surface area (Å²) >= 11 is 2.00. The van der Waals surface area contributed by atoms with Gasteiger partial charge in [0.1, 0.15) is 5.75 Å². The van der Waals surface area contributed by atoms with Gasteiger partial charge in [0.2, 0.25) is 0 Å². The van der Waals surface area contributed by atoms with Crippen LogP contribution in [0.2, 0.25) is 0 Å². The number of hydrogen-bond donors (Lipinski definition) is 2. The number of amides is 1. The zero-order valence-corrected chi connectivity index (χ0v) is 11.3. The first-order valence-electron chi connectivity index (χ1n) is 4.83. The molecule has 1 aromatic carbocycles. The molecule has 0 aromatic heterocycles. The number of ether oxygens (including phenoxy) is 1. The van der Waals surface area contributed by atoms with Gasteiger partial charge in [0.05, 0.1) is 10.2 Å². The number of benzene rings is 1. The Hall–Kier alpha value is -0.820. The summed E-state index contributed by atoms with van der Waals surface area (Å²) in [4.78, 5) is 11.7. The van der Waals surface area contributed by atoms with E-state index in [-0.39, 0.29) is 17.7 Å². The maximum atomic E-state index is 11.7. The van der Waals surface area contributed by atoms with Gasteiger partial charge in [-0.05, 0) is 47.7 Å². The number of nitrogens with one attached hydrogen (secondary N) is 1. The molecule has 1 rings (SSSR count). The van der Waals surface area contributed by atoms with Crippen LogP contribution in [-0.4, -0.2) is 30.8 Å². The quantitative estimate of drug-likeness (QED) is 0.825. The van der Waals surface area contributed by atoms with E-state index in [0.717, 1.165) is 3.57 Å². The van der Waals surface area contributed by atoms with Crippen LogP contribution in [0.15, 0.2) is 18.2 Å². The van der Waals surface area contributed by atoms with Crippen LogP contribution in [0.4, 0.5) is 0 Å². The van der Waals surface area contributed by atoms with Gasteiger partial charge in [-0.3, -0.25) is 4.79 Å². The highest BCUT2D eigenvalue weighted by atomic mass is 127. The SMILES string of the molecule is COCC(C)NC(=O)c1ccc(I)c(O)c1. The predicted molar refractivity (Wildman–Crippen MR) is 69.6 cm³/mol. The number of carbonyl (C=O) groups is 1. The second kappa shape index (κ2) is 6.05. The highest BCUT2D eigenvalue weighted by Crippen LogP contribution is 2.20. The van der Waals surface area contributed by atoms with Gasteiger partial charge < -0.3 is 15.2 Å². The first-order chi connectivity index (χ1) is 7.54. The monoisotopic (exact) mass is 335 g/mol. The van der Waals surface area contributed by atoms with Gasteiger partial charge in [-0.1, -0.05) is 0 Å². The van der Waals surface area contributed by atoms with E-state index in [9.17, 15) is 9.90 Å². The Morgan fingerprint density at radius 1 is 1.62 bits per heavy atom. The molecular formula is C11H14INO3. The van der Waals surface area contributed by atoms with Crippen LogP contribution in [0, 0.1) is 3.57 Å².